The molecule has 3 rings (SSSR count). The van der Waals surface area contributed by atoms with Crippen molar-refractivity contribution < 1.29 is 14.7 Å². The van der Waals surface area contributed by atoms with Gasteiger partial charge in [-0.15, -0.1) is 11.3 Å². The van der Waals surface area contributed by atoms with Crippen LogP contribution in [0.15, 0.2) is 29.6 Å². The minimum atomic E-state index is -0.854. The third-order valence-electron chi connectivity index (χ3n) is 3.98. The average Bonchev–Trinajstić information content (AvgIpc) is 3.16. The fraction of sp³-hybridized carbons (Fsp3) is 0.312. The van der Waals surface area contributed by atoms with Crippen LogP contribution in [-0.4, -0.2) is 28.0 Å². The maximum Gasteiger partial charge on any atom is 0.308 e. The Labute approximate surface area is 142 Å². The summed E-state index contributed by atoms with van der Waals surface area (Å²) >= 11 is 7.23. The number of hydrogen-bond donors (Lipinski definition) is 2. The number of carbonyl (C=O) groups excluding carboxylic acids is 1. The standard InChI is InChI=1S/C16H15ClN2O3S/c17-10-6-4-9(5-7-10)15-19-13(8-23-15)14(20)18-12-3-1-2-11(12)16(21)22/h4-8,11-12H,1-3H2,(H,18,20)(H,21,22)/t11-,12+/m1/s1. The number of carboxylic acids is 1. The Morgan fingerprint density at radius 1 is 1.26 bits per heavy atom. The summed E-state index contributed by atoms with van der Waals surface area (Å²) in [6.07, 6.45) is 2.11. The van der Waals surface area contributed by atoms with Crippen molar-refractivity contribution in [1.29, 1.82) is 0 Å². The van der Waals surface area contributed by atoms with E-state index in [2.05, 4.69) is 10.3 Å². The Kier molecular flexibility index (Phi) is 4.63. The van der Waals surface area contributed by atoms with Crippen LogP contribution in [0.4, 0.5) is 0 Å². The van der Waals surface area contributed by atoms with Crippen molar-refractivity contribution in [1.82, 2.24) is 10.3 Å². The number of carbonyl (C=O) groups is 2. The molecule has 0 radical (unpaired) electrons. The molecule has 0 unspecified atom stereocenters. The summed E-state index contributed by atoms with van der Waals surface area (Å²) in [7, 11) is 0. The first-order valence-corrected chi connectivity index (χ1v) is 8.55. The molecule has 0 spiro atoms. The lowest BCUT2D eigenvalue weighted by molar-refractivity contribution is -0.142. The van der Waals surface area contributed by atoms with E-state index in [1.54, 1.807) is 17.5 Å². The monoisotopic (exact) mass is 350 g/mol. The third-order valence-corrected chi connectivity index (χ3v) is 5.12. The number of rotatable bonds is 4. The fourth-order valence-corrected chi connectivity index (χ4v) is 3.71. The van der Waals surface area contributed by atoms with Crippen LogP contribution < -0.4 is 5.32 Å². The van der Waals surface area contributed by atoms with Gasteiger partial charge in [0.1, 0.15) is 10.7 Å². The number of benzene rings is 1. The molecule has 2 N–H and O–H groups in total. The number of hydrogen-bond acceptors (Lipinski definition) is 4. The SMILES string of the molecule is O=C(N[C@H]1CCC[C@H]1C(=O)O)c1csc(-c2ccc(Cl)cc2)n1. The Bertz CT molecular complexity index is 729. The van der Waals surface area contributed by atoms with E-state index in [4.69, 9.17) is 16.7 Å². The zero-order valence-corrected chi connectivity index (χ0v) is 13.7. The van der Waals surface area contributed by atoms with Gasteiger partial charge < -0.3 is 10.4 Å². The summed E-state index contributed by atoms with van der Waals surface area (Å²) in [6, 6.07) is 6.92. The summed E-state index contributed by atoms with van der Waals surface area (Å²) in [5.74, 6) is -1.68. The molecule has 1 aromatic carbocycles. The highest BCUT2D eigenvalue weighted by Gasteiger charge is 2.34. The van der Waals surface area contributed by atoms with Crippen molar-refractivity contribution in [3.05, 3.63) is 40.4 Å². The number of aliphatic carboxylic acids is 1. The number of nitrogens with one attached hydrogen (secondary N) is 1. The number of thiazole rings is 1. The second-order valence-electron chi connectivity index (χ2n) is 5.50. The molecule has 1 amide bonds. The van der Waals surface area contributed by atoms with Crippen LogP contribution >= 0.6 is 22.9 Å². The normalized spacial score (nSPS) is 20.4. The molecule has 1 fully saturated rings. The van der Waals surface area contributed by atoms with Crippen molar-refractivity contribution in [3.63, 3.8) is 0 Å². The highest BCUT2D eigenvalue weighted by molar-refractivity contribution is 7.13. The molecular formula is C16H15ClN2O3S. The predicted octanol–water partition coefficient (Wildman–Crippen LogP) is 3.45. The predicted molar refractivity (Wildman–Crippen MR) is 88.8 cm³/mol. The quantitative estimate of drug-likeness (QED) is 0.885. The van der Waals surface area contributed by atoms with Crippen molar-refractivity contribution in [3.8, 4) is 10.6 Å². The van der Waals surface area contributed by atoms with Crippen LogP contribution in [0.1, 0.15) is 29.8 Å². The average molecular weight is 351 g/mol. The van der Waals surface area contributed by atoms with E-state index in [1.807, 2.05) is 12.1 Å². The minimum Gasteiger partial charge on any atom is -0.481 e. The molecule has 2 atom stereocenters. The third kappa shape index (κ3) is 3.54. The summed E-state index contributed by atoms with van der Waals surface area (Å²) in [4.78, 5) is 27.8. The molecule has 1 aliphatic carbocycles. The van der Waals surface area contributed by atoms with Gasteiger partial charge in [-0.05, 0) is 25.0 Å². The van der Waals surface area contributed by atoms with Crippen molar-refractivity contribution in [2.75, 3.05) is 0 Å². The highest BCUT2D eigenvalue weighted by atomic mass is 35.5. The van der Waals surface area contributed by atoms with Gasteiger partial charge in [0.2, 0.25) is 0 Å². The number of nitrogens with zero attached hydrogens (tertiary/aromatic N) is 1. The Hall–Kier alpha value is -1.92. The first-order chi connectivity index (χ1) is 11.0. The van der Waals surface area contributed by atoms with Gasteiger partial charge in [0.15, 0.2) is 0 Å². The smallest absolute Gasteiger partial charge is 0.308 e. The Morgan fingerprint density at radius 2 is 2.00 bits per heavy atom. The molecule has 5 nitrogen and oxygen atoms in total. The second kappa shape index (κ2) is 6.68. The number of carboxylic acid groups (broad SMARTS) is 1. The lowest BCUT2D eigenvalue weighted by atomic mass is 10.0. The van der Waals surface area contributed by atoms with Crippen LogP contribution in [-0.2, 0) is 4.79 Å². The maximum absolute atomic E-state index is 12.3. The molecule has 1 aromatic heterocycles. The van der Waals surface area contributed by atoms with Gasteiger partial charge in [-0.3, -0.25) is 9.59 Å². The van der Waals surface area contributed by atoms with Gasteiger partial charge in [0, 0.05) is 22.0 Å². The fourth-order valence-electron chi connectivity index (χ4n) is 2.77. The van der Waals surface area contributed by atoms with Gasteiger partial charge >= 0.3 is 5.97 Å². The number of amides is 1. The molecule has 7 heteroatoms. The number of halogens is 1. The van der Waals surface area contributed by atoms with Crippen LogP contribution in [0.3, 0.4) is 0 Å². The molecular weight excluding hydrogens is 336 g/mol. The van der Waals surface area contributed by atoms with E-state index in [1.165, 1.54) is 11.3 Å². The van der Waals surface area contributed by atoms with Crippen LogP contribution in [0.2, 0.25) is 5.02 Å². The zero-order valence-electron chi connectivity index (χ0n) is 12.2. The molecule has 23 heavy (non-hydrogen) atoms. The van der Waals surface area contributed by atoms with Crippen molar-refractivity contribution in [2.45, 2.75) is 25.3 Å². The van der Waals surface area contributed by atoms with E-state index >= 15 is 0 Å². The number of aromatic nitrogens is 1. The van der Waals surface area contributed by atoms with E-state index in [0.717, 1.165) is 17.0 Å². The minimum absolute atomic E-state index is 0.316. The Balaban J connectivity index is 1.71. The van der Waals surface area contributed by atoms with E-state index in [0.29, 0.717) is 23.6 Å². The summed E-state index contributed by atoms with van der Waals surface area (Å²) in [5, 5.41) is 15.0. The van der Waals surface area contributed by atoms with Crippen molar-refractivity contribution >= 4 is 34.8 Å². The van der Waals surface area contributed by atoms with Gasteiger partial charge in [0.05, 0.1) is 5.92 Å². The zero-order chi connectivity index (χ0) is 16.4. The lowest BCUT2D eigenvalue weighted by Gasteiger charge is -2.16. The van der Waals surface area contributed by atoms with Crippen molar-refractivity contribution in [2.24, 2.45) is 5.92 Å². The van der Waals surface area contributed by atoms with Gasteiger partial charge in [-0.2, -0.15) is 0 Å². The van der Waals surface area contributed by atoms with E-state index in [9.17, 15) is 9.59 Å². The van der Waals surface area contributed by atoms with E-state index < -0.39 is 11.9 Å². The summed E-state index contributed by atoms with van der Waals surface area (Å²) in [6.45, 7) is 0. The summed E-state index contributed by atoms with van der Waals surface area (Å²) in [5.41, 5.74) is 1.21. The van der Waals surface area contributed by atoms with E-state index in [-0.39, 0.29) is 11.9 Å². The highest BCUT2D eigenvalue weighted by Crippen LogP contribution is 2.27. The molecule has 1 saturated carbocycles. The molecule has 1 aliphatic rings. The molecule has 0 saturated heterocycles. The molecule has 0 aliphatic heterocycles. The first-order valence-electron chi connectivity index (χ1n) is 7.30. The van der Waals surface area contributed by atoms with Gasteiger partial charge in [-0.25, -0.2) is 4.98 Å². The molecule has 120 valence electrons. The van der Waals surface area contributed by atoms with Crippen LogP contribution in [0.25, 0.3) is 10.6 Å². The van der Waals surface area contributed by atoms with Crippen LogP contribution in [0, 0.1) is 5.92 Å². The molecule has 0 bridgehead atoms. The van der Waals surface area contributed by atoms with Crippen LogP contribution in [0.5, 0.6) is 0 Å². The van der Waals surface area contributed by atoms with Gasteiger partial charge in [-0.1, -0.05) is 30.2 Å². The Morgan fingerprint density at radius 3 is 2.70 bits per heavy atom. The second-order valence-corrected chi connectivity index (χ2v) is 6.79. The topological polar surface area (TPSA) is 79.3 Å². The first kappa shape index (κ1) is 16.0. The molecule has 2 aromatic rings. The maximum atomic E-state index is 12.3. The largest absolute Gasteiger partial charge is 0.481 e. The van der Waals surface area contributed by atoms with Gasteiger partial charge in [0.25, 0.3) is 5.91 Å². The molecule has 1 heterocycles. The summed E-state index contributed by atoms with van der Waals surface area (Å²) < 4.78 is 0. The lowest BCUT2D eigenvalue weighted by Crippen LogP contribution is -2.40.